The fourth-order valence-electron chi connectivity index (χ4n) is 5.73. The van der Waals surface area contributed by atoms with Crippen molar-refractivity contribution in [1.29, 1.82) is 5.26 Å². The number of aryl methyl sites for hydroxylation is 2. The zero-order chi connectivity index (χ0) is 24.1. The molecule has 2 saturated heterocycles. The Kier molecular flexibility index (Phi) is 7.89. The van der Waals surface area contributed by atoms with Crippen molar-refractivity contribution in [3.05, 3.63) is 35.5 Å². The summed E-state index contributed by atoms with van der Waals surface area (Å²) < 4.78 is 7.42. The largest absolute Gasteiger partial charge is 0.465 e. The molecule has 0 spiro atoms. The molecule has 4 rings (SSSR count). The molecule has 0 bridgehead atoms. The Morgan fingerprint density at radius 1 is 1.12 bits per heavy atom. The van der Waals surface area contributed by atoms with E-state index in [4.69, 9.17) is 4.74 Å². The van der Waals surface area contributed by atoms with E-state index in [0.717, 1.165) is 75.5 Å². The first kappa shape index (κ1) is 24.3. The Morgan fingerprint density at radius 2 is 1.97 bits per heavy atom. The molecule has 1 amide bonds. The molecule has 2 aliphatic rings. The maximum absolute atomic E-state index is 13.6. The number of benzene rings is 1. The lowest BCUT2D eigenvalue weighted by molar-refractivity contribution is -0.147. The van der Waals surface area contributed by atoms with Gasteiger partial charge in [0.05, 0.1) is 30.8 Å². The van der Waals surface area contributed by atoms with Gasteiger partial charge in [-0.25, -0.2) is 0 Å². The number of ether oxygens (including phenoxy) is 1. The van der Waals surface area contributed by atoms with Gasteiger partial charge in [0.25, 0.3) is 0 Å². The molecule has 0 saturated carbocycles. The van der Waals surface area contributed by atoms with Crippen LogP contribution in [0, 0.1) is 11.3 Å². The molecule has 2 fully saturated rings. The van der Waals surface area contributed by atoms with E-state index in [0.29, 0.717) is 12.2 Å². The first-order chi connectivity index (χ1) is 16.5. The number of nitrogens with zero attached hydrogens (tertiary/aromatic N) is 4. The number of esters is 1. The van der Waals surface area contributed by atoms with Crippen LogP contribution < -0.4 is 0 Å². The summed E-state index contributed by atoms with van der Waals surface area (Å²) in [5.74, 6) is -0.0643. The number of hydrogen-bond donors (Lipinski definition) is 0. The number of carbonyl (C=O) groups is 2. The van der Waals surface area contributed by atoms with Crippen LogP contribution in [0.3, 0.4) is 0 Å². The smallest absolute Gasteiger partial charge is 0.320 e. The zero-order valence-electron chi connectivity index (χ0n) is 20.5. The van der Waals surface area contributed by atoms with Crippen LogP contribution in [0.4, 0.5) is 0 Å². The summed E-state index contributed by atoms with van der Waals surface area (Å²) in [4.78, 5) is 29.7. The molecule has 7 nitrogen and oxygen atoms in total. The fourth-order valence-corrected chi connectivity index (χ4v) is 5.73. The number of nitriles is 1. The van der Waals surface area contributed by atoms with E-state index in [1.54, 1.807) is 0 Å². The average Bonchev–Trinajstić information content (AvgIpc) is 3.45. The highest BCUT2D eigenvalue weighted by Gasteiger charge is 2.37. The van der Waals surface area contributed by atoms with Crippen LogP contribution in [-0.2, 0) is 27.3 Å². The van der Waals surface area contributed by atoms with Crippen molar-refractivity contribution >= 4 is 22.8 Å². The summed E-state index contributed by atoms with van der Waals surface area (Å²) in [6.45, 7) is 6.94. The highest BCUT2D eigenvalue weighted by atomic mass is 16.5. The number of rotatable bonds is 8. The van der Waals surface area contributed by atoms with Gasteiger partial charge in [0.2, 0.25) is 5.91 Å². The maximum Gasteiger partial charge on any atom is 0.320 e. The molecule has 2 aliphatic heterocycles. The summed E-state index contributed by atoms with van der Waals surface area (Å²) in [5.41, 5.74) is 3.05. The normalized spacial score (nSPS) is 21.0. The van der Waals surface area contributed by atoms with Crippen LogP contribution in [-0.4, -0.2) is 64.6 Å². The summed E-state index contributed by atoms with van der Waals surface area (Å²) in [6.07, 6.45) is 6.80. The lowest BCUT2D eigenvalue weighted by atomic mass is 9.96. The lowest BCUT2D eigenvalue weighted by Gasteiger charge is -2.39. The second-order valence-electron chi connectivity index (χ2n) is 9.42. The standard InChI is InChI=1S/C27H36N4O3/c1-3-30-23(17-21-11-10-20(18-28)16-25(21)30)13-12-22-8-5-6-15-31(22)27(33)24-9-7-14-29(24)19-26(32)34-4-2/h10-11,16-17,22,24H,3-9,12-15,19H2,1-2H3. The van der Waals surface area contributed by atoms with E-state index in [1.807, 2.05) is 30.0 Å². The Morgan fingerprint density at radius 3 is 2.74 bits per heavy atom. The third-order valence-corrected chi connectivity index (χ3v) is 7.37. The van der Waals surface area contributed by atoms with E-state index in [-0.39, 0.29) is 30.5 Å². The summed E-state index contributed by atoms with van der Waals surface area (Å²) in [6, 6.07) is 10.4. The van der Waals surface area contributed by atoms with Crippen molar-refractivity contribution in [2.24, 2.45) is 0 Å². The lowest BCUT2D eigenvalue weighted by Crippen LogP contribution is -2.52. The first-order valence-electron chi connectivity index (χ1n) is 12.8. The molecule has 34 heavy (non-hydrogen) atoms. The van der Waals surface area contributed by atoms with Crippen LogP contribution in [0.2, 0.25) is 0 Å². The molecule has 1 aromatic carbocycles. The quantitative estimate of drug-likeness (QED) is 0.554. The number of amides is 1. The van der Waals surface area contributed by atoms with Gasteiger partial charge in [0.15, 0.2) is 0 Å². The van der Waals surface area contributed by atoms with Crippen molar-refractivity contribution in [3.63, 3.8) is 0 Å². The molecular weight excluding hydrogens is 428 g/mol. The Hall–Kier alpha value is -2.85. The van der Waals surface area contributed by atoms with Gasteiger partial charge in [-0.2, -0.15) is 5.26 Å². The van der Waals surface area contributed by atoms with Crippen molar-refractivity contribution in [2.75, 3.05) is 26.2 Å². The predicted molar refractivity (Wildman–Crippen MR) is 131 cm³/mol. The molecule has 1 aromatic heterocycles. The molecule has 2 aromatic rings. The molecule has 0 N–H and O–H groups in total. The van der Waals surface area contributed by atoms with Gasteiger partial charge in [-0.15, -0.1) is 0 Å². The van der Waals surface area contributed by atoms with Crippen LogP contribution in [0.25, 0.3) is 10.9 Å². The second-order valence-corrected chi connectivity index (χ2v) is 9.42. The van der Waals surface area contributed by atoms with Crippen molar-refractivity contribution in [2.45, 2.75) is 77.4 Å². The number of carbonyl (C=O) groups excluding carboxylic acids is 2. The van der Waals surface area contributed by atoms with Crippen LogP contribution >= 0.6 is 0 Å². The highest BCUT2D eigenvalue weighted by molar-refractivity contribution is 5.84. The van der Waals surface area contributed by atoms with Crippen LogP contribution in [0.15, 0.2) is 24.3 Å². The van der Waals surface area contributed by atoms with E-state index in [9.17, 15) is 14.9 Å². The Balaban J connectivity index is 1.46. The highest BCUT2D eigenvalue weighted by Crippen LogP contribution is 2.28. The molecule has 7 heteroatoms. The minimum absolute atomic E-state index is 0.182. The number of fused-ring (bicyclic) bond motifs is 1. The molecule has 0 radical (unpaired) electrons. The molecular formula is C27H36N4O3. The van der Waals surface area contributed by atoms with Crippen LogP contribution in [0.5, 0.6) is 0 Å². The van der Waals surface area contributed by atoms with Crippen LogP contribution in [0.1, 0.15) is 63.6 Å². The molecule has 182 valence electrons. The van der Waals surface area contributed by atoms with Crippen molar-refractivity contribution in [1.82, 2.24) is 14.4 Å². The topological polar surface area (TPSA) is 78.6 Å². The van der Waals surface area contributed by atoms with Gasteiger partial charge < -0.3 is 14.2 Å². The number of hydrogen-bond acceptors (Lipinski definition) is 5. The van der Waals surface area contributed by atoms with E-state index in [2.05, 4.69) is 28.5 Å². The summed E-state index contributed by atoms with van der Waals surface area (Å²) >= 11 is 0. The van der Waals surface area contributed by atoms with Gasteiger partial charge in [-0.05, 0) is 88.9 Å². The molecule has 3 heterocycles. The van der Waals surface area contributed by atoms with E-state index < -0.39 is 0 Å². The summed E-state index contributed by atoms with van der Waals surface area (Å²) in [5, 5.41) is 10.4. The average molecular weight is 465 g/mol. The minimum atomic E-state index is -0.246. The first-order valence-corrected chi connectivity index (χ1v) is 12.8. The van der Waals surface area contributed by atoms with Gasteiger partial charge in [0, 0.05) is 30.3 Å². The predicted octanol–water partition coefficient (Wildman–Crippen LogP) is 3.87. The van der Waals surface area contributed by atoms with Gasteiger partial charge in [-0.1, -0.05) is 6.07 Å². The van der Waals surface area contributed by atoms with E-state index in [1.165, 1.54) is 5.69 Å². The zero-order valence-corrected chi connectivity index (χ0v) is 20.5. The molecule has 0 aliphatic carbocycles. The summed E-state index contributed by atoms with van der Waals surface area (Å²) in [7, 11) is 0. The number of likely N-dealkylation sites (tertiary alicyclic amines) is 2. The van der Waals surface area contributed by atoms with E-state index >= 15 is 0 Å². The third kappa shape index (κ3) is 5.12. The number of piperidine rings is 1. The maximum atomic E-state index is 13.6. The van der Waals surface area contributed by atoms with Crippen molar-refractivity contribution in [3.8, 4) is 6.07 Å². The van der Waals surface area contributed by atoms with Gasteiger partial charge >= 0.3 is 5.97 Å². The van der Waals surface area contributed by atoms with Gasteiger partial charge in [0.1, 0.15) is 0 Å². The third-order valence-electron chi connectivity index (χ3n) is 7.37. The van der Waals surface area contributed by atoms with Crippen molar-refractivity contribution < 1.29 is 14.3 Å². The second kappa shape index (κ2) is 11.1. The van der Waals surface area contributed by atoms with Gasteiger partial charge in [-0.3, -0.25) is 14.5 Å². The fraction of sp³-hybridized carbons (Fsp3) is 0.593. The number of aromatic nitrogens is 1. The molecule has 2 atom stereocenters. The minimum Gasteiger partial charge on any atom is -0.465 e. The Labute approximate surface area is 202 Å². The monoisotopic (exact) mass is 464 g/mol. The SMILES string of the molecule is CCOC(=O)CN1CCCC1C(=O)N1CCCCC1CCc1cc2ccc(C#N)cc2n1CC. The molecule has 2 unspecified atom stereocenters. The Bertz CT molecular complexity index is 1070.